The van der Waals surface area contributed by atoms with Gasteiger partial charge in [0.15, 0.2) is 0 Å². The molecule has 5 nitrogen and oxygen atoms in total. The molecule has 0 aliphatic carbocycles. The molecule has 0 bridgehead atoms. The second-order valence-corrected chi connectivity index (χ2v) is 8.65. The minimum Gasteiger partial charge on any atom is -0.355 e. The van der Waals surface area contributed by atoms with Crippen molar-refractivity contribution in [3.8, 4) is 0 Å². The minimum absolute atomic E-state index is 0.0934. The van der Waals surface area contributed by atoms with E-state index in [1.807, 2.05) is 24.3 Å². The molecular weight excluding hydrogens is 395 g/mol. The largest absolute Gasteiger partial charge is 0.355 e. The van der Waals surface area contributed by atoms with Gasteiger partial charge in [0.25, 0.3) is 0 Å². The summed E-state index contributed by atoms with van der Waals surface area (Å²) in [5.74, 6) is -0.357. The van der Waals surface area contributed by atoms with Gasteiger partial charge in [0.1, 0.15) is 0 Å². The summed E-state index contributed by atoms with van der Waals surface area (Å²) >= 11 is 11.9. The zero-order chi connectivity index (χ0) is 19.2. The van der Waals surface area contributed by atoms with E-state index in [-0.39, 0.29) is 17.3 Å². The highest BCUT2D eigenvalue weighted by atomic mass is 35.5. The Morgan fingerprint density at radius 2 is 1.73 bits per heavy atom. The van der Waals surface area contributed by atoms with Crippen LogP contribution in [0, 0.1) is 0 Å². The summed E-state index contributed by atoms with van der Waals surface area (Å²) in [4.78, 5) is 12.1. The minimum atomic E-state index is -3.73. The van der Waals surface area contributed by atoms with E-state index in [4.69, 9.17) is 23.2 Å². The number of aryl methyl sites for hydroxylation is 1. The number of sulfonamides is 1. The molecule has 8 heteroatoms. The second-order valence-electron chi connectivity index (χ2n) is 5.76. The fourth-order valence-electron chi connectivity index (χ4n) is 2.34. The predicted molar refractivity (Wildman–Crippen MR) is 104 cm³/mol. The highest BCUT2D eigenvalue weighted by Gasteiger charge is 2.22. The van der Waals surface area contributed by atoms with Gasteiger partial charge in [-0.1, -0.05) is 41.4 Å². The lowest BCUT2D eigenvalue weighted by Gasteiger charge is -2.17. The van der Waals surface area contributed by atoms with Crippen molar-refractivity contribution in [3.63, 3.8) is 0 Å². The Kier molecular flexibility index (Phi) is 7.46. The van der Waals surface area contributed by atoms with Gasteiger partial charge < -0.3 is 5.32 Å². The Balaban J connectivity index is 1.81. The van der Waals surface area contributed by atoms with Crippen LogP contribution in [0.25, 0.3) is 0 Å². The molecule has 1 amide bonds. The Morgan fingerprint density at radius 3 is 2.38 bits per heavy atom. The number of carbonyl (C=O) groups is 1. The SMILES string of the molecule is CN(CC(=O)NCCCc1ccccc1Cl)S(=O)(=O)c1ccc(Cl)cc1. The Hall–Kier alpha value is -1.60. The molecule has 26 heavy (non-hydrogen) atoms. The number of amides is 1. The average Bonchev–Trinajstić information content (AvgIpc) is 2.60. The first-order chi connectivity index (χ1) is 12.3. The molecule has 0 radical (unpaired) electrons. The number of likely N-dealkylation sites (N-methyl/N-ethyl adjacent to an activating group) is 1. The average molecular weight is 415 g/mol. The monoisotopic (exact) mass is 414 g/mol. The first kappa shape index (κ1) is 20.7. The predicted octanol–water partition coefficient (Wildman–Crippen LogP) is 3.36. The second kappa shape index (κ2) is 9.37. The van der Waals surface area contributed by atoms with Crippen molar-refractivity contribution in [2.45, 2.75) is 17.7 Å². The molecule has 0 saturated carbocycles. The summed E-state index contributed by atoms with van der Waals surface area (Å²) in [6.45, 7) is 0.190. The van der Waals surface area contributed by atoms with Crippen molar-refractivity contribution < 1.29 is 13.2 Å². The van der Waals surface area contributed by atoms with Crippen molar-refractivity contribution in [3.05, 3.63) is 64.1 Å². The van der Waals surface area contributed by atoms with Gasteiger partial charge >= 0.3 is 0 Å². The highest BCUT2D eigenvalue weighted by Crippen LogP contribution is 2.17. The van der Waals surface area contributed by atoms with Crippen LogP contribution in [0.15, 0.2) is 53.4 Å². The highest BCUT2D eigenvalue weighted by molar-refractivity contribution is 7.89. The number of nitrogens with one attached hydrogen (secondary N) is 1. The van der Waals surface area contributed by atoms with E-state index >= 15 is 0 Å². The summed E-state index contributed by atoms with van der Waals surface area (Å²) in [7, 11) is -2.37. The smallest absolute Gasteiger partial charge is 0.243 e. The number of halogens is 2. The molecule has 2 aromatic carbocycles. The third-order valence-electron chi connectivity index (χ3n) is 3.79. The number of carbonyl (C=O) groups excluding carboxylic acids is 1. The lowest BCUT2D eigenvalue weighted by atomic mass is 10.1. The van der Waals surface area contributed by atoms with Crippen LogP contribution in [0.5, 0.6) is 0 Å². The summed E-state index contributed by atoms with van der Waals surface area (Å²) in [5, 5.41) is 3.88. The van der Waals surface area contributed by atoms with Crippen molar-refractivity contribution in [2.24, 2.45) is 0 Å². The summed E-state index contributed by atoms with van der Waals surface area (Å²) in [6, 6.07) is 13.4. The molecule has 2 aromatic rings. The first-order valence-electron chi connectivity index (χ1n) is 8.02. The summed E-state index contributed by atoms with van der Waals surface area (Å²) < 4.78 is 25.9. The maximum absolute atomic E-state index is 12.4. The van der Waals surface area contributed by atoms with Crippen LogP contribution in [0.1, 0.15) is 12.0 Å². The van der Waals surface area contributed by atoms with Gasteiger partial charge in [0.05, 0.1) is 11.4 Å². The number of hydrogen-bond acceptors (Lipinski definition) is 3. The number of rotatable bonds is 8. The van der Waals surface area contributed by atoms with E-state index in [2.05, 4.69) is 5.32 Å². The molecule has 0 saturated heterocycles. The van der Waals surface area contributed by atoms with Crippen LogP contribution in [-0.2, 0) is 21.2 Å². The van der Waals surface area contributed by atoms with E-state index in [0.29, 0.717) is 23.0 Å². The van der Waals surface area contributed by atoms with Gasteiger partial charge in [0, 0.05) is 23.6 Å². The molecule has 1 N–H and O–H groups in total. The zero-order valence-corrected chi connectivity index (χ0v) is 16.6. The van der Waals surface area contributed by atoms with Crippen molar-refractivity contribution in [2.75, 3.05) is 20.1 Å². The van der Waals surface area contributed by atoms with Crippen LogP contribution >= 0.6 is 23.2 Å². The molecule has 0 aromatic heterocycles. The van der Waals surface area contributed by atoms with E-state index in [9.17, 15) is 13.2 Å². The summed E-state index contributed by atoms with van der Waals surface area (Å²) in [6.07, 6.45) is 1.45. The number of hydrogen-bond donors (Lipinski definition) is 1. The molecule has 0 fully saturated rings. The Morgan fingerprint density at radius 1 is 1.08 bits per heavy atom. The third-order valence-corrected chi connectivity index (χ3v) is 6.23. The third kappa shape index (κ3) is 5.71. The molecule has 140 valence electrons. The van der Waals surface area contributed by atoms with Gasteiger partial charge in [-0.05, 0) is 48.7 Å². The molecule has 0 aliphatic rings. The molecule has 0 atom stereocenters. The molecule has 2 rings (SSSR count). The van der Waals surface area contributed by atoms with Crippen LogP contribution < -0.4 is 5.32 Å². The lowest BCUT2D eigenvalue weighted by molar-refractivity contribution is -0.121. The number of benzene rings is 2. The zero-order valence-electron chi connectivity index (χ0n) is 14.3. The van der Waals surface area contributed by atoms with Gasteiger partial charge in [-0.15, -0.1) is 0 Å². The van der Waals surface area contributed by atoms with Gasteiger partial charge in [-0.2, -0.15) is 4.31 Å². The van der Waals surface area contributed by atoms with E-state index in [1.165, 1.54) is 31.3 Å². The van der Waals surface area contributed by atoms with Crippen LogP contribution in [-0.4, -0.2) is 38.8 Å². The maximum atomic E-state index is 12.4. The topological polar surface area (TPSA) is 66.5 Å². The van der Waals surface area contributed by atoms with Crippen LogP contribution in [0.2, 0.25) is 10.0 Å². The van der Waals surface area contributed by atoms with Crippen LogP contribution in [0.4, 0.5) is 0 Å². The van der Waals surface area contributed by atoms with E-state index in [1.54, 1.807) is 0 Å². The van der Waals surface area contributed by atoms with Crippen LogP contribution in [0.3, 0.4) is 0 Å². The molecule has 0 unspecified atom stereocenters. The van der Waals surface area contributed by atoms with E-state index < -0.39 is 10.0 Å². The molecular formula is C18H20Cl2N2O3S. The van der Waals surface area contributed by atoms with E-state index in [0.717, 1.165) is 16.3 Å². The first-order valence-corrected chi connectivity index (χ1v) is 10.2. The van der Waals surface area contributed by atoms with Gasteiger partial charge in [0.2, 0.25) is 15.9 Å². The van der Waals surface area contributed by atoms with Crippen molar-refractivity contribution in [1.29, 1.82) is 0 Å². The van der Waals surface area contributed by atoms with Gasteiger partial charge in [-0.3, -0.25) is 4.79 Å². The number of nitrogens with zero attached hydrogens (tertiary/aromatic N) is 1. The maximum Gasteiger partial charge on any atom is 0.243 e. The fraction of sp³-hybridized carbons (Fsp3) is 0.278. The summed E-state index contributed by atoms with van der Waals surface area (Å²) in [5.41, 5.74) is 1.02. The fourth-order valence-corrected chi connectivity index (χ4v) is 3.82. The normalized spacial score (nSPS) is 11.5. The molecule has 0 aliphatic heterocycles. The molecule has 0 heterocycles. The quantitative estimate of drug-likeness (QED) is 0.673. The Bertz CT molecular complexity index is 855. The Labute approximate surface area is 164 Å². The van der Waals surface area contributed by atoms with Crippen molar-refractivity contribution in [1.82, 2.24) is 9.62 Å². The standard InChI is InChI=1S/C18H20Cl2N2O3S/c1-22(26(24,25)16-10-8-15(19)9-11-16)13-18(23)21-12-4-6-14-5-2-3-7-17(14)20/h2-3,5,7-11H,4,6,12-13H2,1H3,(H,21,23). The van der Waals surface area contributed by atoms with Gasteiger partial charge in [-0.25, -0.2) is 8.42 Å². The molecule has 0 spiro atoms. The van der Waals surface area contributed by atoms with Crippen molar-refractivity contribution >= 4 is 39.1 Å². The lowest BCUT2D eigenvalue weighted by Crippen LogP contribution is -2.38.